The van der Waals surface area contributed by atoms with E-state index in [4.69, 9.17) is 37.2 Å². The van der Waals surface area contributed by atoms with Crippen molar-refractivity contribution in [3.05, 3.63) is 71.1 Å². The third kappa shape index (κ3) is 6.70. The van der Waals surface area contributed by atoms with Gasteiger partial charge in [-0.25, -0.2) is 24.2 Å². The number of phenols is 1. The molecule has 224 valence electrons. The van der Waals surface area contributed by atoms with Crippen molar-refractivity contribution in [1.29, 1.82) is 5.41 Å². The van der Waals surface area contributed by atoms with E-state index < -0.39 is 35.7 Å². The van der Waals surface area contributed by atoms with Crippen molar-refractivity contribution >= 4 is 23.5 Å². The number of nitrogens with two attached hydrogens (primary N) is 3. The molecule has 1 atom stereocenters. The molecule has 0 saturated carbocycles. The summed E-state index contributed by atoms with van der Waals surface area (Å²) in [5, 5.41) is 28.2. The van der Waals surface area contributed by atoms with E-state index in [2.05, 4.69) is 10.4 Å². The number of benzene rings is 2. The highest BCUT2D eigenvalue weighted by molar-refractivity contribution is 5.95. The normalized spacial score (nSPS) is 18.2. The average Bonchev–Trinajstić information content (AvgIpc) is 2.93. The first-order valence-corrected chi connectivity index (χ1v) is 12.9. The average molecular weight is 587 g/mol. The van der Waals surface area contributed by atoms with Crippen molar-refractivity contribution in [2.24, 2.45) is 28.1 Å². The summed E-state index contributed by atoms with van der Waals surface area (Å²) in [7, 11) is 1.40. The SMILES string of the molecule is CNN1C(Oc2cccc(N=C(N)N)c2)=C(F)C(C2CCN(CC(=O)O)CC2)=C(F)C1Oc1cc(C(=N)N)ccc1O. The third-order valence-corrected chi connectivity index (χ3v) is 6.75. The lowest BCUT2D eigenvalue weighted by Gasteiger charge is -2.39. The monoisotopic (exact) mass is 586 g/mol. The molecule has 2 heterocycles. The number of phenolic OH excluding ortho intramolecular Hbond substituents is 1. The van der Waals surface area contributed by atoms with Crippen LogP contribution in [0, 0.1) is 11.3 Å². The van der Waals surface area contributed by atoms with E-state index in [1.54, 1.807) is 17.0 Å². The maximum absolute atomic E-state index is 16.3. The van der Waals surface area contributed by atoms with Crippen LogP contribution in [0.3, 0.4) is 0 Å². The molecule has 13 nitrogen and oxygen atoms in total. The molecule has 1 fully saturated rings. The zero-order chi connectivity index (χ0) is 30.6. The van der Waals surface area contributed by atoms with Gasteiger partial charge in [-0.15, -0.1) is 0 Å². The van der Waals surface area contributed by atoms with Gasteiger partial charge in [-0.1, -0.05) is 6.07 Å². The fraction of sp³-hybridized carbons (Fsp3) is 0.296. The predicted octanol–water partition coefficient (Wildman–Crippen LogP) is 1.97. The van der Waals surface area contributed by atoms with Crippen molar-refractivity contribution in [2.45, 2.75) is 19.1 Å². The molecule has 0 amide bonds. The number of guanidine groups is 1. The first-order chi connectivity index (χ1) is 20.0. The lowest BCUT2D eigenvalue weighted by molar-refractivity contribution is -0.138. The van der Waals surface area contributed by atoms with Gasteiger partial charge >= 0.3 is 5.97 Å². The Bertz CT molecular complexity index is 1450. The van der Waals surface area contributed by atoms with Gasteiger partial charge in [0.1, 0.15) is 11.6 Å². The number of carboxylic acid groups (broad SMARTS) is 1. The number of likely N-dealkylation sites (tertiary alicyclic amines) is 1. The van der Waals surface area contributed by atoms with Gasteiger partial charge in [-0.3, -0.25) is 15.1 Å². The number of nitrogens with one attached hydrogen (secondary N) is 2. The highest BCUT2D eigenvalue weighted by atomic mass is 19.1. The van der Waals surface area contributed by atoms with Crippen LogP contribution >= 0.6 is 0 Å². The van der Waals surface area contributed by atoms with Crippen LogP contribution in [0.1, 0.15) is 18.4 Å². The second-order valence-electron chi connectivity index (χ2n) is 9.62. The molecular formula is C27H32F2N8O5. The number of piperidine rings is 1. The number of amidine groups is 1. The van der Waals surface area contributed by atoms with E-state index >= 15 is 8.78 Å². The molecule has 4 rings (SSSR count). The van der Waals surface area contributed by atoms with Crippen LogP contribution < -0.4 is 32.1 Å². The largest absolute Gasteiger partial charge is 0.504 e. The lowest BCUT2D eigenvalue weighted by Crippen LogP contribution is -2.51. The number of hydrazine groups is 1. The van der Waals surface area contributed by atoms with Gasteiger partial charge in [-0.05, 0) is 62.2 Å². The molecule has 2 aromatic rings. The number of carboxylic acids is 1. The minimum absolute atomic E-state index is 0.126. The maximum atomic E-state index is 16.3. The summed E-state index contributed by atoms with van der Waals surface area (Å²) < 4.78 is 44.4. The molecule has 0 aliphatic carbocycles. The minimum Gasteiger partial charge on any atom is -0.504 e. The van der Waals surface area contributed by atoms with Crippen molar-refractivity contribution in [1.82, 2.24) is 15.3 Å². The second kappa shape index (κ2) is 12.7. The van der Waals surface area contributed by atoms with Gasteiger partial charge in [0.25, 0.3) is 5.88 Å². The Hall–Kier alpha value is -4.89. The molecule has 2 aromatic carbocycles. The summed E-state index contributed by atoms with van der Waals surface area (Å²) in [5.74, 6) is -5.00. The number of halogens is 2. The van der Waals surface area contributed by atoms with Gasteiger partial charge in [0.15, 0.2) is 29.1 Å². The molecule has 0 bridgehead atoms. The molecule has 42 heavy (non-hydrogen) atoms. The number of rotatable bonds is 10. The van der Waals surface area contributed by atoms with Crippen molar-refractivity contribution in [3.63, 3.8) is 0 Å². The topological polar surface area (TPSA) is 209 Å². The Balaban J connectivity index is 1.77. The summed E-state index contributed by atoms with van der Waals surface area (Å²) in [4.78, 5) is 16.8. The highest BCUT2D eigenvalue weighted by Crippen LogP contribution is 2.42. The molecule has 0 spiro atoms. The molecule has 10 N–H and O–H groups in total. The molecule has 0 radical (unpaired) electrons. The third-order valence-electron chi connectivity index (χ3n) is 6.75. The number of aliphatic imine (C=N–C) groups is 1. The Kier molecular flexibility index (Phi) is 9.12. The summed E-state index contributed by atoms with van der Waals surface area (Å²) in [6, 6.07) is 10.0. The standard InChI is InChI=1S/C27H32F2N8O5/c1-34-37-25(41-17-4-2-3-16(12-17)35-27(32)33)22(28)21(14-7-9-36(10-8-14)13-20(39)40)23(29)26(37)42-19-11-15(24(30)31)5-6-18(19)38/h2-6,11-12,14,26,34,38H,7-10,13H2,1H3,(H3,30,31)(H,39,40)(H4,32,33,35). The van der Waals surface area contributed by atoms with Gasteiger partial charge < -0.3 is 36.9 Å². The number of aliphatic carboxylic acids is 1. The maximum Gasteiger partial charge on any atom is 0.317 e. The number of nitrogen functional groups attached to an aromatic ring is 1. The van der Waals surface area contributed by atoms with E-state index in [1.807, 2.05) is 0 Å². The Morgan fingerprint density at radius 3 is 2.50 bits per heavy atom. The Labute approximate surface area is 240 Å². The van der Waals surface area contributed by atoms with E-state index in [0.29, 0.717) is 18.8 Å². The van der Waals surface area contributed by atoms with E-state index in [0.717, 1.165) is 5.01 Å². The Morgan fingerprint density at radius 2 is 1.88 bits per heavy atom. The fourth-order valence-corrected chi connectivity index (χ4v) is 4.81. The number of carbonyl (C=O) groups is 1. The van der Waals surface area contributed by atoms with Gasteiger partial charge in [0.05, 0.1) is 12.2 Å². The molecule has 1 saturated heterocycles. The number of nitrogens with zero attached hydrogens (tertiary/aromatic N) is 3. The van der Waals surface area contributed by atoms with Crippen molar-refractivity contribution in [3.8, 4) is 17.2 Å². The first-order valence-electron chi connectivity index (χ1n) is 12.9. The van der Waals surface area contributed by atoms with E-state index in [9.17, 15) is 9.90 Å². The van der Waals surface area contributed by atoms with Crippen LogP contribution in [-0.4, -0.2) is 70.8 Å². The number of hydrogen-bond donors (Lipinski definition) is 7. The van der Waals surface area contributed by atoms with Gasteiger partial charge in [0.2, 0.25) is 6.23 Å². The Morgan fingerprint density at radius 1 is 1.17 bits per heavy atom. The summed E-state index contributed by atoms with van der Waals surface area (Å²) >= 11 is 0. The second-order valence-corrected chi connectivity index (χ2v) is 9.62. The number of hydrogen-bond acceptors (Lipinski definition) is 9. The first kappa shape index (κ1) is 30.1. The molecular weight excluding hydrogens is 554 g/mol. The molecule has 15 heteroatoms. The van der Waals surface area contributed by atoms with Crippen LogP contribution in [0.5, 0.6) is 17.2 Å². The zero-order valence-electron chi connectivity index (χ0n) is 22.7. The van der Waals surface area contributed by atoms with Crippen LogP contribution in [0.4, 0.5) is 14.5 Å². The predicted molar refractivity (Wildman–Crippen MR) is 150 cm³/mol. The molecule has 2 aliphatic heterocycles. The summed E-state index contributed by atoms with van der Waals surface area (Å²) in [6.45, 7) is 0.430. The van der Waals surface area contributed by atoms with Crippen LogP contribution in [0.15, 0.2) is 70.6 Å². The van der Waals surface area contributed by atoms with Crippen LogP contribution in [0.25, 0.3) is 0 Å². The fourth-order valence-electron chi connectivity index (χ4n) is 4.81. The van der Waals surface area contributed by atoms with Gasteiger partial charge in [-0.2, -0.15) is 0 Å². The zero-order valence-corrected chi connectivity index (χ0v) is 22.7. The van der Waals surface area contributed by atoms with Crippen LogP contribution in [-0.2, 0) is 4.79 Å². The van der Waals surface area contributed by atoms with Gasteiger partial charge in [0, 0.05) is 24.3 Å². The smallest absolute Gasteiger partial charge is 0.317 e. The number of aromatic hydroxyl groups is 1. The summed E-state index contributed by atoms with van der Waals surface area (Å²) in [5.41, 5.74) is 19.4. The molecule has 2 aliphatic rings. The summed E-state index contributed by atoms with van der Waals surface area (Å²) in [6.07, 6.45) is -1.12. The minimum atomic E-state index is -1.66. The molecule has 0 aromatic heterocycles. The van der Waals surface area contributed by atoms with Crippen molar-refractivity contribution in [2.75, 3.05) is 26.7 Å². The van der Waals surface area contributed by atoms with Crippen LogP contribution in [0.2, 0.25) is 0 Å². The molecule has 1 unspecified atom stereocenters. The lowest BCUT2D eigenvalue weighted by atomic mass is 9.86. The van der Waals surface area contributed by atoms with E-state index in [-0.39, 0.29) is 59.6 Å². The quantitative estimate of drug-likeness (QED) is 0.158. The number of ether oxygens (including phenoxy) is 2. The number of allylic oxidation sites excluding steroid dienone is 2. The highest BCUT2D eigenvalue weighted by Gasteiger charge is 2.43. The van der Waals surface area contributed by atoms with Crippen molar-refractivity contribution < 1.29 is 33.3 Å². The van der Waals surface area contributed by atoms with E-state index in [1.165, 1.54) is 37.4 Å².